The Morgan fingerprint density at radius 1 is 0.898 bits per heavy atom. The predicted molar refractivity (Wildman–Crippen MR) is 196 cm³/mol. The van der Waals surface area contributed by atoms with Crippen molar-refractivity contribution in [2.45, 2.75) is 69.4 Å². The molecule has 10 nitrogen and oxygen atoms in total. The van der Waals surface area contributed by atoms with Gasteiger partial charge in [0.1, 0.15) is 4.47 Å². The minimum Gasteiger partial charge on any atom is -0.379 e. The molecule has 3 aromatic rings. The monoisotopic (exact) mass is 729 g/mol. The van der Waals surface area contributed by atoms with Crippen LogP contribution in [0.4, 0.5) is 11.4 Å². The van der Waals surface area contributed by atoms with Crippen molar-refractivity contribution in [3.63, 3.8) is 0 Å². The van der Waals surface area contributed by atoms with Gasteiger partial charge in [-0.2, -0.15) is 5.10 Å². The Bertz CT molecular complexity index is 1710. The molecular formula is C38H48BrN7O3. The van der Waals surface area contributed by atoms with Gasteiger partial charge in [-0.15, -0.1) is 0 Å². The molecule has 49 heavy (non-hydrogen) atoms. The molecule has 3 unspecified atom stereocenters. The molecule has 4 aliphatic heterocycles. The first-order chi connectivity index (χ1) is 23.6. The summed E-state index contributed by atoms with van der Waals surface area (Å²) in [5.74, 6) is -0.143. The number of aromatic nitrogens is 2. The van der Waals surface area contributed by atoms with E-state index in [0.717, 1.165) is 63.5 Å². The number of anilines is 2. The van der Waals surface area contributed by atoms with Gasteiger partial charge in [0, 0.05) is 57.9 Å². The quantitative estimate of drug-likeness (QED) is 0.333. The molecule has 3 atom stereocenters. The number of amides is 2. The summed E-state index contributed by atoms with van der Waals surface area (Å²) in [5.41, 5.74) is 6.04. The molecule has 2 aromatic carbocycles. The predicted octanol–water partition coefficient (Wildman–Crippen LogP) is 4.85. The van der Waals surface area contributed by atoms with Crippen molar-refractivity contribution in [3.8, 4) is 0 Å². The van der Waals surface area contributed by atoms with E-state index in [2.05, 4.69) is 102 Å². The third-order valence-electron chi connectivity index (χ3n) is 11.6. The van der Waals surface area contributed by atoms with Crippen molar-refractivity contribution in [2.24, 2.45) is 12.5 Å². The van der Waals surface area contributed by atoms with Crippen LogP contribution in [0.15, 0.2) is 64.0 Å². The minimum absolute atomic E-state index is 0.136. The van der Waals surface area contributed by atoms with Crippen molar-refractivity contribution in [1.29, 1.82) is 0 Å². The molecule has 0 aliphatic carbocycles. The highest BCUT2D eigenvalue weighted by Gasteiger charge is 2.38. The van der Waals surface area contributed by atoms with Crippen molar-refractivity contribution in [2.75, 3.05) is 56.5 Å². The highest BCUT2D eigenvalue weighted by atomic mass is 79.9. The largest absolute Gasteiger partial charge is 0.379 e. The SMILES string of the molecule is CN1CC(Nc2cnn(C)c(=O)c2Br)CC(c2ccc(CN3CCC4(CC3)CCN(c3ccc(C5CCC(=O)NC5=O)cc3)CC4)cc2)C1. The van der Waals surface area contributed by atoms with E-state index >= 15 is 0 Å². The number of benzene rings is 2. The Morgan fingerprint density at radius 3 is 2.27 bits per heavy atom. The zero-order chi connectivity index (χ0) is 34.1. The number of nitrogens with one attached hydrogen (secondary N) is 2. The summed E-state index contributed by atoms with van der Waals surface area (Å²) in [7, 11) is 3.83. The van der Waals surface area contributed by atoms with Crippen LogP contribution >= 0.6 is 15.9 Å². The number of likely N-dealkylation sites (N-methyl/N-ethyl adjacent to an activating group) is 1. The highest BCUT2D eigenvalue weighted by Crippen LogP contribution is 2.42. The van der Waals surface area contributed by atoms with Gasteiger partial charge in [0.05, 0.1) is 17.8 Å². The van der Waals surface area contributed by atoms with Crippen LogP contribution in [0.1, 0.15) is 73.5 Å². The van der Waals surface area contributed by atoms with Crippen LogP contribution in [-0.4, -0.2) is 83.8 Å². The van der Waals surface area contributed by atoms with E-state index < -0.39 is 0 Å². The van der Waals surface area contributed by atoms with Crippen molar-refractivity contribution in [1.82, 2.24) is 24.9 Å². The zero-order valence-corrected chi connectivity index (χ0v) is 30.3. The van der Waals surface area contributed by atoms with Gasteiger partial charge in [0.15, 0.2) is 0 Å². The molecule has 0 radical (unpaired) electrons. The maximum Gasteiger partial charge on any atom is 0.282 e. The second kappa shape index (κ2) is 14.4. The summed E-state index contributed by atoms with van der Waals surface area (Å²) in [6.07, 6.45) is 8.70. The molecule has 5 heterocycles. The highest BCUT2D eigenvalue weighted by molar-refractivity contribution is 9.10. The van der Waals surface area contributed by atoms with Gasteiger partial charge in [-0.25, -0.2) is 4.68 Å². The number of carbonyl (C=O) groups excluding carboxylic acids is 2. The summed E-state index contributed by atoms with van der Waals surface area (Å²) in [6.45, 7) is 7.39. The van der Waals surface area contributed by atoms with Gasteiger partial charge in [-0.05, 0) is 115 Å². The van der Waals surface area contributed by atoms with E-state index in [4.69, 9.17) is 0 Å². The third-order valence-corrected chi connectivity index (χ3v) is 12.3. The number of hydrogen-bond donors (Lipinski definition) is 2. The van der Waals surface area contributed by atoms with Crippen molar-refractivity contribution in [3.05, 3.63) is 86.2 Å². The summed E-state index contributed by atoms with van der Waals surface area (Å²) in [5, 5.41) is 10.2. The molecule has 4 fully saturated rings. The number of aryl methyl sites for hydroxylation is 1. The van der Waals surface area contributed by atoms with Crippen LogP contribution in [0.3, 0.4) is 0 Å². The Balaban J connectivity index is 0.879. The molecule has 260 valence electrons. The first-order valence-corrected chi connectivity index (χ1v) is 18.6. The lowest BCUT2D eigenvalue weighted by atomic mass is 9.71. The number of imide groups is 1. The topological polar surface area (TPSA) is 103 Å². The van der Waals surface area contributed by atoms with E-state index in [9.17, 15) is 14.4 Å². The maximum absolute atomic E-state index is 12.3. The van der Waals surface area contributed by atoms with E-state index in [-0.39, 0.29) is 29.3 Å². The third kappa shape index (κ3) is 7.64. The molecular weight excluding hydrogens is 682 g/mol. The van der Waals surface area contributed by atoms with Gasteiger partial charge in [0.25, 0.3) is 5.56 Å². The second-order valence-corrected chi connectivity index (χ2v) is 15.7. The van der Waals surface area contributed by atoms with Crippen LogP contribution in [0.5, 0.6) is 0 Å². The molecule has 2 N–H and O–H groups in total. The van der Waals surface area contributed by atoms with E-state index in [1.165, 1.54) is 47.2 Å². The zero-order valence-electron chi connectivity index (χ0n) is 28.7. The summed E-state index contributed by atoms with van der Waals surface area (Å²) in [4.78, 5) is 43.7. The maximum atomic E-state index is 12.3. The molecule has 11 heteroatoms. The molecule has 2 amide bonds. The van der Waals surface area contributed by atoms with Gasteiger partial charge in [0.2, 0.25) is 11.8 Å². The molecule has 4 saturated heterocycles. The second-order valence-electron chi connectivity index (χ2n) is 14.9. The summed E-state index contributed by atoms with van der Waals surface area (Å²) in [6, 6.07) is 18.0. The average Bonchev–Trinajstić information content (AvgIpc) is 3.10. The number of likely N-dealkylation sites (tertiary alicyclic amines) is 2. The Labute approximate surface area is 297 Å². The fraction of sp³-hybridized carbons (Fsp3) is 0.526. The Hall–Kier alpha value is -3.54. The van der Waals surface area contributed by atoms with E-state index in [1.807, 2.05) is 0 Å². The molecule has 0 bridgehead atoms. The minimum atomic E-state index is -0.227. The van der Waals surface area contributed by atoms with Gasteiger partial charge in [-0.3, -0.25) is 24.6 Å². The van der Waals surface area contributed by atoms with E-state index in [0.29, 0.717) is 28.6 Å². The lowest BCUT2D eigenvalue weighted by molar-refractivity contribution is -0.134. The smallest absolute Gasteiger partial charge is 0.282 e. The fourth-order valence-corrected chi connectivity index (χ4v) is 8.98. The summed E-state index contributed by atoms with van der Waals surface area (Å²) < 4.78 is 1.87. The molecule has 1 aromatic heterocycles. The first-order valence-electron chi connectivity index (χ1n) is 17.8. The van der Waals surface area contributed by atoms with Crippen LogP contribution < -0.4 is 21.1 Å². The van der Waals surface area contributed by atoms with Gasteiger partial charge in [-0.1, -0.05) is 36.4 Å². The average molecular weight is 731 g/mol. The molecule has 1 spiro atoms. The standard InChI is InChI=1S/C38H48BrN7O3/c1-43-24-29(21-30(25-43)41-33-22-40-44(2)37(49)35(33)39)27-5-3-26(4-6-27)23-45-17-13-38(14-18-45)15-19-46(20-16-38)31-9-7-28(8-10-31)32-11-12-34(47)42-36(32)48/h3-10,22,29-30,32,41H,11-21,23-25H2,1-2H3,(H,42,47,48). The number of hydrogen-bond acceptors (Lipinski definition) is 8. The molecule has 0 saturated carbocycles. The molecule has 7 rings (SSSR count). The first kappa shape index (κ1) is 33.9. The van der Waals surface area contributed by atoms with Crippen molar-refractivity contribution < 1.29 is 9.59 Å². The van der Waals surface area contributed by atoms with Crippen LogP contribution in [-0.2, 0) is 23.2 Å². The van der Waals surface area contributed by atoms with Crippen LogP contribution in [0.2, 0.25) is 0 Å². The Morgan fingerprint density at radius 2 is 1.57 bits per heavy atom. The number of halogens is 1. The number of carbonyl (C=O) groups is 2. The number of rotatable bonds is 7. The number of piperidine rings is 4. The lowest BCUT2D eigenvalue weighted by Gasteiger charge is -2.47. The fourth-order valence-electron chi connectivity index (χ4n) is 8.50. The van der Waals surface area contributed by atoms with Crippen molar-refractivity contribution >= 4 is 39.1 Å². The summed E-state index contributed by atoms with van der Waals surface area (Å²) >= 11 is 3.46. The van der Waals surface area contributed by atoms with Gasteiger partial charge < -0.3 is 15.1 Å². The van der Waals surface area contributed by atoms with Crippen LogP contribution in [0.25, 0.3) is 0 Å². The number of nitrogens with zero attached hydrogens (tertiary/aromatic N) is 5. The van der Waals surface area contributed by atoms with E-state index in [1.54, 1.807) is 13.2 Å². The lowest BCUT2D eigenvalue weighted by Crippen LogP contribution is -2.46. The Kier molecular flexibility index (Phi) is 9.95. The molecule has 4 aliphatic rings. The normalized spacial score (nSPS) is 25.0. The van der Waals surface area contributed by atoms with Gasteiger partial charge >= 0.3 is 0 Å². The van der Waals surface area contributed by atoms with Crippen LogP contribution in [0, 0.1) is 5.41 Å².